The molecule has 0 atom stereocenters. The molecular weight excluding hydrogens is 441 g/mol. The Hall–Kier alpha value is -4.39. The monoisotopic (exact) mass is 465 g/mol. The van der Waals surface area contributed by atoms with Gasteiger partial charge in [0.25, 0.3) is 5.91 Å². The van der Waals surface area contributed by atoms with Crippen LogP contribution in [0.4, 0.5) is 10.2 Å². The fourth-order valence-electron chi connectivity index (χ4n) is 3.24. The van der Waals surface area contributed by atoms with Crippen molar-refractivity contribution in [3.05, 3.63) is 65.1 Å². The SMILES string of the molecule is COc1cc(C(C)=O)ccc1OCC(=O)NCCCc1nn(-c2ccc(F)cc2)c(N)c1C#N. The molecule has 0 aliphatic rings. The summed E-state index contributed by atoms with van der Waals surface area (Å²) in [5.41, 5.74) is 7.81. The molecule has 3 N–H and O–H groups in total. The number of nitrogens with one attached hydrogen (secondary N) is 1. The van der Waals surface area contributed by atoms with E-state index < -0.39 is 0 Å². The van der Waals surface area contributed by atoms with Gasteiger partial charge in [-0.3, -0.25) is 9.59 Å². The number of amides is 1. The summed E-state index contributed by atoms with van der Waals surface area (Å²) in [5, 5.41) is 16.6. The smallest absolute Gasteiger partial charge is 0.257 e. The van der Waals surface area contributed by atoms with E-state index in [2.05, 4.69) is 16.5 Å². The molecule has 3 aromatic rings. The van der Waals surface area contributed by atoms with Crippen LogP contribution in [-0.2, 0) is 11.2 Å². The lowest BCUT2D eigenvalue weighted by molar-refractivity contribution is -0.123. The first kappa shape index (κ1) is 24.3. The quantitative estimate of drug-likeness (QED) is 0.347. The molecule has 0 radical (unpaired) electrons. The fraction of sp³-hybridized carbons (Fsp3) is 0.250. The van der Waals surface area contributed by atoms with Gasteiger partial charge in [-0.1, -0.05) is 0 Å². The molecule has 0 aliphatic carbocycles. The van der Waals surface area contributed by atoms with Gasteiger partial charge in [0.15, 0.2) is 23.9 Å². The van der Waals surface area contributed by atoms with E-state index in [0.29, 0.717) is 47.8 Å². The zero-order valence-electron chi connectivity index (χ0n) is 18.8. The third kappa shape index (κ3) is 5.69. The summed E-state index contributed by atoms with van der Waals surface area (Å²) in [6.45, 7) is 1.55. The molecule has 0 aliphatic heterocycles. The number of ketones is 1. The van der Waals surface area contributed by atoms with Gasteiger partial charge in [-0.2, -0.15) is 10.4 Å². The van der Waals surface area contributed by atoms with Crippen molar-refractivity contribution < 1.29 is 23.5 Å². The van der Waals surface area contributed by atoms with Gasteiger partial charge >= 0.3 is 0 Å². The van der Waals surface area contributed by atoms with Crippen LogP contribution in [0.2, 0.25) is 0 Å². The fourth-order valence-corrected chi connectivity index (χ4v) is 3.24. The van der Waals surface area contributed by atoms with Crippen LogP contribution in [0.1, 0.15) is 35.0 Å². The third-order valence-corrected chi connectivity index (χ3v) is 5.02. The van der Waals surface area contributed by atoms with Crippen LogP contribution in [0.15, 0.2) is 42.5 Å². The minimum absolute atomic E-state index is 0.105. The number of halogens is 1. The molecule has 9 nitrogen and oxygen atoms in total. The number of carbonyl (C=O) groups is 2. The number of hydrogen-bond donors (Lipinski definition) is 2. The van der Waals surface area contributed by atoms with Crippen LogP contribution in [0.5, 0.6) is 11.5 Å². The largest absolute Gasteiger partial charge is 0.493 e. The Balaban J connectivity index is 1.52. The van der Waals surface area contributed by atoms with E-state index >= 15 is 0 Å². The zero-order valence-corrected chi connectivity index (χ0v) is 18.8. The van der Waals surface area contributed by atoms with Crippen LogP contribution < -0.4 is 20.5 Å². The van der Waals surface area contributed by atoms with Gasteiger partial charge in [-0.05, 0) is 62.2 Å². The number of aromatic nitrogens is 2. The van der Waals surface area contributed by atoms with Crippen molar-refractivity contribution in [2.45, 2.75) is 19.8 Å². The maximum atomic E-state index is 13.2. The lowest BCUT2D eigenvalue weighted by Gasteiger charge is -2.11. The molecule has 34 heavy (non-hydrogen) atoms. The standard InChI is InChI=1S/C24H24FN5O4/c1-15(31)16-5-10-21(22(12-16)33-2)34-14-23(32)28-11-3-4-20-19(13-26)24(27)30(29-20)18-8-6-17(25)7-9-18/h5-10,12H,3-4,11,14,27H2,1-2H3,(H,28,32). The number of nitrogens with zero attached hydrogens (tertiary/aromatic N) is 3. The number of anilines is 1. The second-order valence-electron chi connectivity index (χ2n) is 7.37. The lowest BCUT2D eigenvalue weighted by atomic mass is 10.1. The first-order chi connectivity index (χ1) is 16.3. The van der Waals surface area contributed by atoms with Crippen molar-refractivity contribution in [1.82, 2.24) is 15.1 Å². The average Bonchev–Trinajstić information content (AvgIpc) is 3.15. The molecule has 1 aromatic heterocycles. The number of nitriles is 1. The van der Waals surface area contributed by atoms with Crippen molar-refractivity contribution >= 4 is 17.5 Å². The molecule has 1 heterocycles. The van der Waals surface area contributed by atoms with Gasteiger partial charge in [-0.15, -0.1) is 0 Å². The summed E-state index contributed by atoms with van der Waals surface area (Å²) in [5.74, 6) is 0.0516. The van der Waals surface area contributed by atoms with Crippen molar-refractivity contribution in [1.29, 1.82) is 5.26 Å². The lowest BCUT2D eigenvalue weighted by Crippen LogP contribution is -2.30. The number of aryl methyl sites for hydroxylation is 1. The molecule has 0 saturated carbocycles. The maximum Gasteiger partial charge on any atom is 0.257 e. The Bertz CT molecular complexity index is 1230. The zero-order chi connectivity index (χ0) is 24.7. The molecule has 0 saturated heterocycles. The van der Waals surface area contributed by atoms with Crippen molar-refractivity contribution in [3.63, 3.8) is 0 Å². The number of carbonyl (C=O) groups excluding carboxylic acids is 2. The first-order valence-electron chi connectivity index (χ1n) is 10.5. The molecule has 3 rings (SSSR count). The summed E-state index contributed by atoms with van der Waals surface area (Å²) in [4.78, 5) is 23.6. The van der Waals surface area contributed by atoms with Crippen molar-refractivity contribution in [2.24, 2.45) is 0 Å². The Morgan fingerprint density at radius 2 is 1.94 bits per heavy atom. The molecule has 2 aromatic carbocycles. The van der Waals surface area contributed by atoms with E-state index in [0.717, 1.165) is 0 Å². The molecule has 1 amide bonds. The predicted octanol–water partition coefficient (Wildman–Crippen LogP) is 2.80. The minimum atomic E-state index is -0.388. The van der Waals surface area contributed by atoms with E-state index in [1.807, 2.05) is 0 Å². The molecule has 0 fully saturated rings. The first-order valence-corrected chi connectivity index (χ1v) is 10.5. The van der Waals surface area contributed by atoms with Crippen molar-refractivity contribution in [3.8, 4) is 23.3 Å². The number of hydrogen-bond acceptors (Lipinski definition) is 7. The Kier molecular flexibility index (Phi) is 7.82. The highest BCUT2D eigenvalue weighted by molar-refractivity contribution is 5.94. The van der Waals surface area contributed by atoms with Gasteiger partial charge < -0.3 is 20.5 Å². The van der Waals surface area contributed by atoms with E-state index in [4.69, 9.17) is 15.2 Å². The van der Waals surface area contributed by atoms with E-state index in [1.54, 1.807) is 18.2 Å². The number of Topliss-reactive ketones (excluding diaryl/α,β-unsaturated/α-hetero) is 1. The minimum Gasteiger partial charge on any atom is -0.493 e. The number of benzene rings is 2. The average molecular weight is 465 g/mol. The number of methoxy groups -OCH3 is 1. The molecule has 176 valence electrons. The molecule has 10 heteroatoms. The topological polar surface area (TPSA) is 132 Å². The molecule has 0 spiro atoms. The highest BCUT2D eigenvalue weighted by atomic mass is 19.1. The van der Waals surface area contributed by atoms with Gasteiger partial charge in [-0.25, -0.2) is 9.07 Å². The van der Waals surface area contributed by atoms with Crippen LogP contribution in [-0.4, -0.2) is 41.7 Å². The summed E-state index contributed by atoms with van der Waals surface area (Å²) in [6, 6.07) is 12.4. The predicted molar refractivity (Wildman–Crippen MR) is 122 cm³/mol. The number of nitrogen functional groups attached to an aromatic ring is 1. The Labute approximate surface area is 195 Å². The van der Waals surface area contributed by atoms with Gasteiger partial charge in [0.1, 0.15) is 23.3 Å². The van der Waals surface area contributed by atoms with Gasteiger partial charge in [0, 0.05) is 12.1 Å². The summed E-state index contributed by atoms with van der Waals surface area (Å²) in [6.07, 6.45) is 0.916. The van der Waals surface area contributed by atoms with Crippen molar-refractivity contribution in [2.75, 3.05) is 26.0 Å². The van der Waals surface area contributed by atoms with E-state index in [-0.39, 0.29) is 35.5 Å². The summed E-state index contributed by atoms with van der Waals surface area (Å²) < 4.78 is 25.3. The normalized spacial score (nSPS) is 10.4. The van der Waals surface area contributed by atoms with Crippen LogP contribution >= 0.6 is 0 Å². The van der Waals surface area contributed by atoms with E-state index in [1.165, 1.54) is 43.0 Å². The van der Waals surface area contributed by atoms with Crippen LogP contribution in [0.3, 0.4) is 0 Å². The highest BCUT2D eigenvalue weighted by Crippen LogP contribution is 2.28. The van der Waals surface area contributed by atoms with Crippen LogP contribution in [0.25, 0.3) is 5.69 Å². The van der Waals surface area contributed by atoms with Gasteiger partial charge in [0.05, 0.1) is 18.5 Å². The second kappa shape index (κ2) is 11.0. The summed E-state index contributed by atoms with van der Waals surface area (Å²) >= 11 is 0. The summed E-state index contributed by atoms with van der Waals surface area (Å²) in [7, 11) is 1.45. The number of ether oxygens (including phenoxy) is 2. The number of rotatable bonds is 10. The highest BCUT2D eigenvalue weighted by Gasteiger charge is 2.16. The Morgan fingerprint density at radius 1 is 1.21 bits per heavy atom. The van der Waals surface area contributed by atoms with Crippen LogP contribution in [0, 0.1) is 17.1 Å². The molecule has 0 unspecified atom stereocenters. The second-order valence-corrected chi connectivity index (χ2v) is 7.37. The Morgan fingerprint density at radius 3 is 2.59 bits per heavy atom. The van der Waals surface area contributed by atoms with E-state index in [9.17, 15) is 19.2 Å². The molecular formula is C24H24FN5O4. The third-order valence-electron chi connectivity index (χ3n) is 5.02. The molecule has 0 bridgehead atoms. The maximum absolute atomic E-state index is 13.2. The van der Waals surface area contributed by atoms with Gasteiger partial charge in [0.2, 0.25) is 0 Å². The number of nitrogens with two attached hydrogens (primary N) is 1.